The molecule has 3 N–H and O–H groups in total. The van der Waals surface area contributed by atoms with E-state index in [0.717, 1.165) is 12.8 Å². The molecular weight excluding hydrogens is 262 g/mol. The van der Waals surface area contributed by atoms with Crippen LogP contribution in [0.2, 0.25) is 0 Å². The summed E-state index contributed by atoms with van der Waals surface area (Å²) in [5, 5.41) is 4.83. The molecule has 0 saturated heterocycles. The van der Waals surface area contributed by atoms with Gasteiger partial charge < -0.3 is 11.1 Å². The molecule has 6 heteroatoms. The van der Waals surface area contributed by atoms with Crippen LogP contribution in [-0.2, 0) is 4.79 Å². The van der Waals surface area contributed by atoms with Crippen LogP contribution in [0.25, 0.3) is 0 Å². The van der Waals surface area contributed by atoms with Crippen molar-refractivity contribution in [3.63, 3.8) is 0 Å². The van der Waals surface area contributed by atoms with E-state index in [-0.39, 0.29) is 11.7 Å². The molecule has 0 radical (unpaired) electrons. The van der Waals surface area contributed by atoms with Crippen molar-refractivity contribution in [2.75, 3.05) is 5.32 Å². The van der Waals surface area contributed by atoms with Gasteiger partial charge in [0.2, 0.25) is 5.91 Å². The van der Waals surface area contributed by atoms with Crippen molar-refractivity contribution in [2.24, 2.45) is 11.7 Å². The fourth-order valence-corrected chi connectivity index (χ4v) is 3.26. The van der Waals surface area contributed by atoms with Crippen molar-refractivity contribution in [3.8, 4) is 0 Å². The second-order valence-electron chi connectivity index (χ2n) is 5.41. The van der Waals surface area contributed by atoms with Crippen molar-refractivity contribution in [2.45, 2.75) is 45.1 Å². The molecule has 2 rings (SSSR count). The Morgan fingerprint density at radius 3 is 2.89 bits per heavy atom. The summed E-state index contributed by atoms with van der Waals surface area (Å²) in [6.07, 6.45) is 3.50. The molecule has 104 valence electrons. The van der Waals surface area contributed by atoms with Gasteiger partial charge in [0.05, 0.1) is 5.54 Å². The number of Topliss-reactive ketones (excluding diaryl/α,β-unsaturated/α-hetero) is 1. The van der Waals surface area contributed by atoms with E-state index < -0.39 is 5.54 Å². The lowest BCUT2D eigenvalue weighted by atomic mass is 9.76. The molecule has 2 unspecified atom stereocenters. The van der Waals surface area contributed by atoms with Gasteiger partial charge in [0.25, 0.3) is 0 Å². The average Bonchev–Trinajstić information content (AvgIpc) is 2.77. The minimum atomic E-state index is -0.806. The summed E-state index contributed by atoms with van der Waals surface area (Å²) in [6.45, 7) is 3.57. The van der Waals surface area contributed by atoms with Crippen molar-refractivity contribution in [1.82, 2.24) is 4.98 Å². The molecule has 1 aromatic rings. The zero-order valence-corrected chi connectivity index (χ0v) is 12.0. The van der Waals surface area contributed by atoms with E-state index in [9.17, 15) is 9.59 Å². The fraction of sp³-hybridized carbons (Fsp3) is 0.615. The third-order valence-corrected chi connectivity index (χ3v) is 4.33. The monoisotopic (exact) mass is 281 g/mol. The normalized spacial score (nSPS) is 27.0. The molecular formula is C13H19N3O2S. The van der Waals surface area contributed by atoms with Gasteiger partial charge in [0.15, 0.2) is 10.9 Å². The Kier molecular flexibility index (Phi) is 4.01. The summed E-state index contributed by atoms with van der Waals surface area (Å²) in [5.41, 5.74) is 5.78. The number of carbonyl (C=O) groups excluding carboxylic acids is 2. The first kappa shape index (κ1) is 14.1. The number of hydrogen-bond donors (Lipinski definition) is 2. The van der Waals surface area contributed by atoms with Gasteiger partial charge in [0.1, 0.15) is 5.69 Å². The molecule has 2 atom stereocenters. The quantitative estimate of drug-likeness (QED) is 0.832. The van der Waals surface area contributed by atoms with Crippen molar-refractivity contribution in [3.05, 3.63) is 11.1 Å². The third kappa shape index (κ3) is 3.19. The van der Waals surface area contributed by atoms with Crippen LogP contribution in [0.1, 0.15) is 50.0 Å². The molecule has 1 saturated carbocycles. The zero-order chi connectivity index (χ0) is 14.0. The van der Waals surface area contributed by atoms with E-state index in [1.54, 1.807) is 5.38 Å². The second-order valence-corrected chi connectivity index (χ2v) is 6.26. The lowest BCUT2D eigenvalue weighted by Gasteiger charge is -2.34. The first-order chi connectivity index (χ1) is 8.90. The van der Waals surface area contributed by atoms with Crippen LogP contribution >= 0.6 is 11.3 Å². The number of nitrogens with two attached hydrogens (primary N) is 1. The number of hydrogen-bond acceptors (Lipinski definition) is 5. The van der Waals surface area contributed by atoms with E-state index in [0.29, 0.717) is 29.6 Å². The maximum atomic E-state index is 12.3. The van der Waals surface area contributed by atoms with Gasteiger partial charge in [-0.25, -0.2) is 4.98 Å². The summed E-state index contributed by atoms with van der Waals surface area (Å²) in [6, 6.07) is 0. The summed E-state index contributed by atoms with van der Waals surface area (Å²) in [7, 11) is 0. The zero-order valence-electron chi connectivity index (χ0n) is 11.2. The van der Waals surface area contributed by atoms with E-state index in [4.69, 9.17) is 5.73 Å². The summed E-state index contributed by atoms with van der Waals surface area (Å²) < 4.78 is 0. The fourth-order valence-electron chi connectivity index (χ4n) is 2.51. The van der Waals surface area contributed by atoms with Crippen molar-refractivity contribution >= 4 is 28.2 Å². The van der Waals surface area contributed by atoms with Gasteiger partial charge >= 0.3 is 0 Å². The number of thiazole rings is 1. The Hall–Kier alpha value is -1.27. The van der Waals surface area contributed by atoms with Crippen LogP contribution in [0.15, 0.2) is 5.38 Å². The number of carbonyl (C=O) groups is 2. The first-order valence-electron chi connectivity index (χ1n) is 6.47. The lowest BCUT2D eigenvalue weighted by Crippen LogP contribution is -2.53. The van der Waals surface area contributed by atoms with Gasteiger partial charge in [0, 0.05) is 12.3 Å². The Bertz CT molecular complexity index is 500. The smallest absolute Gasteiger partial charge is 0.246 e. The third-order valence-electron chi connectivity index (χ3n) is 3.57. The minimum Gasteiger partial charge on any atom is -0.317 e. The Morgan fingerprint density at radius 2 is 2.32 bits per heavy atom. The molecule has 1 aromatic heterocycles. The predicted octanol–water partition coefficient (Wildman–Crippen LogP) is 2.19. The number of rotatable bonds is 3. The van der Waals surface area contributed by atoms with Gasteiger partial charge in [-0.3, -0.25) is 9.59 Å². The van der Waals surface area contributed by atoms with Gasteiger partial charge in [-0.15, -0.1) is 11.3 Å². The molecule has 1 amide bonds. The Morgan fingerprint density at radius 1 is 1.58 bits per heavy atom. The Labute approximate surface area is 116 Å². The van der Waals surface area contributed by atoms with Crippen molar-refractivity contribution < 1.29 is 9.59 Å². The van der Waals surface area contributed by atoms with E-state index >= 15 is 0 Å². The van der Waals surface area contributed by atoms with Crippen LogP contribution < -0.4 is 11.1 Å². The number of ketones is 1. The highest BCUT2D eigenvalue weighted by atomic mass is 32.1. The molecule has 1 fully saturated rings. The number of amides is 1. The molecule has 19 heavy (non-hydrogen) atoms. The molecule has 1 aliphatic rings. The van der Waals surface area contributed by atoms with E-state index in [1.165, 1.54) is 18.3 Å². The van der Waals surface area contributed by atoms with Crippen molar-refractivity contribution in [1.29, 1.82) is 0 Å². The highest BCUT2D eigenvalue weighted by Gasteiger charge is 2.38. The maximum Gasteiger partial charge on any atom is 0.246 e. The minimum absolute atomic E-state index is 0.106. The first-order valence-corrected chi connectivity index (χ1v) is 7.35. The van der Waals surface area contributed by atoms with Crippen LogP contribution in [0.4, 0.5) is 5.13 Å². The summed E-state index contributed by atoms with van der Waals surface area (Å²) in [4.78, 5) is 27.5. The van der Waals surface area contributed by atoms with Crippen LogP contribution in [0, 0.1) is 5.92 Å². The average molecular weight is 281 g/mol. The van der Waals surface area contributed by atoms with Gasteiger partial charge in [-0.2, -0.15) is 0 Å². The molecule has 0 spiro atoms. The molecule has 0 aliphatic heterocycles. The van der Waals surface area contributed by atoms with Crippen LogP contribution in [0.3, 0.4) is 0 Å². The summed E-state index contributed by atoms with van der Waals surface area (Å²) in [5.74, 6) is 0.169. The van der Waals surface area contributed by atoms with Gasteiger partial charge in [-0.05, 0) is 18.8 Å². The number of nitrogens with zero attached hydrogens (tertiary/aromatic N) is 1. The predicted molar refractivity (Wildman–Crippen MR) is 75.3 cm³/mol. The van der Waals surface area contributed by atoms with E-state index in [1.807, 2.05) is 0 Å². The second kappa shape index (κ2) is 5.38. The number of nitrogens with one attached hydrogen (secondary N) is 1. The van der Waals surface area contributed by atoms with Gasteiger partial charge in [-0.1, -0.05) is 19.8 Å². The molecule has 5 nitrogen and oxygen atoms in total. The largest absolute Gasteiger partial charge is 0.317 e. The lowest BCUT2D eigenvalue weighted by molar-refractivity contribution is -0.122. The molecule has 1 heterocycles. The SMILES string of the molecule is CC(=O)c1csc(NC(=O)C2(N)CCCC(C)C2)n1. The highest BCUT2D eigenvalue weighted by Crippen LogP contribution is 2.31. The highest BCUT2D eigenvalue weighted by molar-refractivity contribution is 7.14. The number of anilines is 1. The Balaban J connectivity index is 2.05. The standard InChI is InChI=1S/C13H19N3O2S/c1-8-4-3-5-13(14,6-8)11(18)16-12-15-10(7-19-12)9(2)17/h7-8H,3-6,14H2,1-2H3,(H,15,16,18). The van der Waals surface area contributed by atoms with Crippen LogP contribution in [0.5, 0.6) is 0 Å². The summed E-state index contributed by atoms with van der Waals surface area (Å²) >= 11 is 1.25. The topological polar surface area (TPSA) is 85.1 Å². The maximum absolute atomic E-state index is 12.3. The molecule has 1 aliphatic carbocycles. The number of aromatic nitrogens is 1. The molecule has 0 bridgehead atoms. The van der Waals surface area contributed by atoms with E-state index in [2.05, 4.69) is 17.2 Å². The molecule has 0 aromatic carbocycles. The van der Waals surface area contributed by atoms with Crippen LogP contribution in [-0.4, -0.2) is 22.2 Å².